The molecule has 1 rings (SSSR count). The van der Waals surface area contributed by atoms with E-state index in [2.05, 4.69) is 10.1 Å². The topological polar surface area (TPSA) is 91.3 Å². The molecule has 0 bridgehead atoms. The van der Waals surface area contributed by atoms with E-state index in [1.54, 1.807) is 33.1 Å². The Kier molecular flexibility index (Phi) is 5.99. The molecule has 6 nitrogen and oxygen atoms in total. The summed E-state index contributed by atoms with van der Waals surface area (Å²) in [4.78, 5) is 2.11. The standard InChI is InChI=1S/C15H25N3O3/c1-5-18(10-15(2,3)19)9-12-8-11(14(16)17-20)6-7-13(12)21-4/h6-8,19-20H,5,9-10H2,1-4H3,(H2,16,17). The van der Waals surface area contributed by atoms with Gasteiger partial charge in [0.15, 0.2) is 5.84 Å². The van der Waals surface area contributed by atoms with Gasteiger partial charge >= 0.3 is 0 Å². The lowest BCUT2D eigenvalue weighted by Crippen LogP contribution is -2.38. The maximum Gasteiger partial charge on any atom is 0.170 e. The highest BCUT2D eigenvalue weighted by Gasteiger charge is 2.19. The number of amidine groups is 1. The Balaban J connectivity index is 3.03. The van der Waals surface area contributed by atoms with Crippen LogP contribution in [0.25, 0.3) is 0 Å². The molecule has 0 amide bonds. The second-order valence-corrected chi connectivity index (χ2v) is 5.63. The molecule has 0 saturated heterocycles. The summed E-state index contributed by atoms with van der Waals surface area (Å²) >= 11 is 0. The van der Waals surface area contributed by atoms with Crippen molar-refractivity contribution in [3.63, 3.8) is 0 Å². The highest BCUT2D eigenvalue weighted by molar-refractivity contribution is 5.97. The van der Waals surface area contributed by atoms with E-state index in [1.807, 2.05) is 13.0 Å². The van der Waals surface area contributed by atoms with E-state index < -0.39 is 5.60 Å². The third-order valence-corrected chi connectivity index (χ3v) is 3.14. The highest BCUT2D eigenvalue weighted by atomic mass is 16.5. The molecule has 0 unspecified atom stereocenters. The molecule has 0 aliphatic carbocycles. The Morgan fingerprint density at radius 2 is 2.10 bits per heavy atom. The molecule has 0 aliphatic rings. The normalized spacial score (nSPS) is 12.8. The molecule has 0 saturated carbocycles. The molecule has 4 N–H and O–H groups in total. The average molecular weight is 295 g/mol. The van der Waals surface area contributed by atoms with Gasteiger partial charge in [-0.3, -0.25) is 4.90 Å². The fourth-order valence-electron chi connectivity index (χ4n) is 2.19. The summed E-state index contributed by atoms with van der Waals surface area (Å²) in [5, 5.41) is 21.7. The van der Waals surface area contributed by atoms with Gasteiger partial charge in [0, 0.05) is 24.2 Å². The Morgan fingerprint density at radius 3 is 2.57 bits per heavy atom. The van der Waals surface area contributed by atoms with Gasteiger partial charge in [-0.15, -0.1) is 0 Å². The predicted octanol–water partition coefficient (Wildman–Crippen LogP) is 1.38. The van der Waals surface area contributed by atoms with Crippen LogP contribution >= 0.6 is 0 Å². The van der Waals surface area contributed by atoms with Crippen molar-refractivity contribution < 1.29 is 15.1 Å². The van der Waals surface area contributed by atoms with Gasteiger partial charge in [0.05, 0.1) is 12.7 Å². The van der Waals surface area contributed by atoms with Crippen LogP contribution < -0.4 is 10.5 Å². The fourth-order valence-corrected chi connectivity index (χ4v) is 2.19. The number of benzene rings is 1. The molecular formula is C15H25N3O3. The summed E-state index contributed by atoms with van der Waals surface area (Å²) < 4.78 is 5.36. The molecular weight excluding hydrogens is 270 g/mol. The van der Waals surface area contributed by atoms with Crippen LogP contribution in [0.1, 0.15) is 31.9 Å². The Labute approximate surface area is 125 Å². The van der Waals surface area contributed by atoms with Gasteiger partial charge in [0.1, 0.15) is 5.75 Å². The second-order valence-electron chi connectivity index (χ2n) is 5.63. The Bertz CT molecular complexity index is 495. The molecule has 0 heterocycles. The number of likely N-dealkylation sites (N-methyl/N-ethyl adjacent to an activating group) is 1. The zero-order valence-corrected chi connectivity index (χ0v) is 13.1. The van der Waals surface area contributed by atoms with Gasteiger partial charge in [0.2, 0.25) is 0 Å². The van der Waals surface area contributed by atoms with E-state index in [1.165, 1.54) is 0 Å². The fraction of sp³-hybridized carbons (Fsp3) is 0.533. The van der Waals surface area contributed by atoms with E-state index in [-0.39, 0.29) is 5.84 Å². The van der Waals surface area contributed by atoms with Crippen LogP contribution in [0.2, 0.25) is 0 Å². The van der Waals surface area contributed by atoms with Crippen LogP contribution in [-0.2, 0) is 6.54 Å². The Morgan fingerprint density at radius 1 is 1.43 bits per heavy atom. The molecule has 21 heavy (non-hydrogen) atoms. The van der Waals surface area contributed by atoms with Crippen LogP contribution in [0.3, 0.4) is 0 Å². The maximum absolute atomic E-state index is 9.96. The summed E-state index contributed by atoms with van der Waals surface area (Å²) in [6.45, 7) is 7.53. The van der Waals surface area contributed by atoms with Gasteiger partial charge in [-0.25, -0.2) is 0 Å². The van der Waals surface area contributed by atoms with Crippen molar-refractivity contribution in [3.8, 4) is 5.75 Å². The molecule has 1 aromatic carbocycles. The van der Waals surface area contributed by atoms with Gasteiger partial charge < -0.3 is 20.8 Å². The first kappa shape index (κ1) is 17.3. The molecule has 0 spiro atoms. The summed E-state index contributed by atoms with van der Waals surface area (Å²) in [5.41, 5.74) is 6.41. The minimum Gasteiger partial charge on any atom is -0.496 e. The van der Waals surface area contributed by atoms with Crippen LogP contribution in [0.4, 0.5) is 0 Å². The number of rotatable bonds is 7. The molecule has 0 aromatic heterocycles. The van der Waals surface area contributed by atoms with Crippen molar-refractivity contribution in [2.45, 2.75) is 32.9 Å². The first-order valence-electron chi connectivity index (χ1n) is 6.90. The summed E-state index contributed by atoms with van der Waals surface area (Å²) in [6, 6.07) is 5.37. The number of ether oxygens (including phenoxy) is 1. The second kappa shape index (κ2) is 7.28. The molecule has 0 radical (unpaired) electrons. The van der Waals surface area contributed by atoms with E-state index in [9.17, 15) is 5.11 Å². The first-order chi connectivity index (χ1) is 9.80. The third-order valence-electron chi connectivity index (χ3n) is 3.14. The minimum atomic E-state index is -0.771. The zero-order chi connectivity index (χ0) is 16.0. The van der Waals surface area contributed by atoms with Crippen molar-refractivity contribution >= 4 is 5.84 Å². The van der Waals surface area contributed by atoms with Crippen molar-refractivity contribution in [2.24, 2.45) is 10.9 Å². The largest absolute Gasteiger partial charge is 0.496 e. The summed E-state index contributed by atoms with van der Waals surface area (Å²) in [7, 11) is 1.61. The lowest BCUT2D eigenvalue weighted by molar-refractivity contribution is 0.0351. The molecule has 0 aliphatic heterocycles. The predicted molar refractivity (Wildman–Crippen MR) is 82.8 cm³/mol. The number of aliphatic hydroxyl groups is 1. The lowest BCUT2D eigenvalue weighted by atomic mass is 10.1. The van der Waals surface area contributed by atoms with Crippen LogP contribution in [0, 0.1) is 0 Å². The zero-order valence-electron chi connectivity index (χ0n) is 13.1. The Hall–Kier alpha value is -1.79. The molecule has 0 atom stereocenters. The van der Waals surface area contributed by atoms with Crippen molar-refractivity contribution in [2.75, 3.05) is 20.2 Å². The van der Waals surface area contributed by atoms with E-state index in [0.717, 1.165) is 17.9 Å². The van der Waals surface area contributed by atoms with E-state index in [4.69, 9.17) is 15.7 Å². The van der Waals surface area contributed by atoms with Crippen molar-refractivity contribution in [1.29, 1.82) is 0 Å². The molecule has 118 valence electrons. The van der Waals surface area contributed by atoms with Gasteiger partial charge in [-0.2, -0.15) is 0 Å². The van der Waals surface area contributed by atoms with Crippen LogP contribution in [0.5, 0.6) is 5.75 Å². The minimum absolute atomic E-state index is 0.0597. The van der Waals surface area contributed by atoms with Crippen LogP contribution in [-0.4, -0.2) is 46.8 Å². The van der Waals surface area contributed by atoms with E-state index >= 15 is 0 Å². The lowest BCUT2D eigenvalue weighted by Gasteiger charge is -2.28. The number of nitrogens with two attached hydrogens (primary N) is 1. The summed E-state index contributed by atoms with van der Waals surface area (Å²) in [6.07, 6.45) is 0. The molecule has 0 fully saturated rings. The van der Waals surface area contributed by atoms with Crippen molar-refractivity contribution in [3.05, 3.63) is 29.3 Å². The summed E-state index contributed by atoms with van der Waals surface area (Å²) in [5.74, 6) is 0.795. The average Bonchev–Trinajstić information content (AvgIpc) is 2.44. The third kappa shape index (κ3) is 5.24. The molecule has 6 heteroatoms. The van der Waals surface area contributed by atoms with Gasteiger partial charge in [-0.1, -0.05) is 12.1 Å². The van der Waals surface area contributed by atoms with Crippen molar-refractivity contribution in [1.82, 2.24) is 4.90 Å². The number of hydrogen-bond donors (Lipinski definition) is 3. The number of nitrogens with zero attached hydrogens (tertiary/aromatic N) is 2. The maximum atomic E-state index is 9.96. The first-order valence-corrected chi connectivity index (χ1v) is 6.90. The smallest absolute Gasteiger partial charge is 0.170 e. The quantitative estimate of drug-likeness (QED) is 0.306. The van der Waals surface area contributed by atoms with Crippen LogP contribution in [0.15, 0.2) is 23.4 Å². The highest BCUT2D eigenvalue weighted by Crippen LogP contribution is 2.22. The van der Waals surface area contributed by atoms with E-state index in [0.29, 0.717) is 18.7 Å². The SMILES string of the molecule is CCN(Cc1cc(/C(N)=N/O)ccc1OC)CC(C)(C)O. The van der Waals surface area contributed by atoms with Gasteiger partial charge in [-0.05, 0) is 38.6 Å². The number of hydrogen-bond acceptors (Lipinski definition) is 5. The monoisotopic (exact) mass is 295 g/mol. The number of methoxy groups -OCH3 is 1. The molecule has 1 aromatic rings. The van der Waals surface area contributed by atoms with Gasteiger partial charge in [0.25, 0.3) is 0 Å². The number of oxime groups is 1.